The van der Waals surface area contributed by atoms with E-state index in [9.17, 15) is 4.79 Å². The van der Waals surface area contributed by atoms with Gasteiger partial charge in [-0.15, -0.1) is 0 Å². The maximum absolute atomic E-state index is 11.7. The van der Waals surface area contributed by atoms with Crippen LogP contribution in [0.4, 0.5) is 0 Å². The molecule has 20 heavy (non-hydrogen) atoms. The number of benzene rings is 1. The van der Waals surface area contributed by atoms with Crippen molar-refractivity contribution < 1.29 is 4.79 Å². The molecule has 2 N–H and O–H groups in total. The summed E-state index contributed by atoms with van der Waals surface area (Å²) in [5.41, 5.74) is 1.27. The van der Waals surface area contributed by atoms with E-state index in [1.54, 1.807) is 0 Å². The molecule has 5 heteroatoms. The molecule has 0 heterocycles. The van der Waals surface area contributed by atoms with E-state index in [1.165, 1.54) is 11.8 Å². The van der Waals surface area contributed by atoms with Crippen molar-refractivity contribution in [1.29, 1.82) is 5.26 Å². The second kappa shape index (κ2) is 8.39. The summed E-state index contributed by atoms with van der Waals surface area (Å²) in [5, 5.41) is 14.6. The number of hydrogen-bond donors (Lipinski definition) is 2. The number of nitriles is 1. The Morgan fingerprint density at radius 1 is 1.45 bits per heavy atom. The fourth-order valence-corrected chi connectivity index (χ4v) is 2.05. The second-order valence-corrected chi connectivity index (χ2v) is 5.45. The van der Waals surface area contributed by atoms with Crippen molar-refractivity contribution in [3.05, 3.63) is 46.1 Å². The van der Waals surface area contributed by atoms with E-state index >= 15 is 0 Å². The lowest BCUT2D eigenvalue weighted by Gasteiger charge is -2.08. The summed E-state index contributed by atoms with van der Waals surface area (Å²) in [7, 11) is 0. The van der Waals surface area contributed by atoms with Crippen LogP contribution >= 0.6 is 15.9 Å². The van der Waals surface area contributed by atoms with E-state index in [0.717, 1.165) is 10.9 Å². The predicted octanol–water partition coefficient (Wildman–Crippen LogP) is 2.51. The van der Waals surface area contributed by atoms with Crippen molar-refractivity contribution >= 4 is 21.8 Å². The Hall–Kier alpha value is -1.80. The Morgan fingerprint density at radius 3 is 2.75 bits per heavy atom. The number of halogens is 1. The zero-order valence-electron chi connectivity index (χ0n) is 11.6. The molecule has 106 valence electrons. The molecule has 1 aromatic carbocycles. The van der Waals surface area contributed by atoms with Gasteiger partial charge in [0.15, 0.2) is 0 Å². The van der Waals surface area contributed by atoms with Gasteiger partial charge in [0.1, 0.15) is 11.6 Å². The average Bonchev–Trinajstić information content (AvgIpc) is 2.39. The highest BCUT2D eigenvalue weighted by molar-refractivity contribution is 9.10. The summed E-state index contributed by atoms with van der Waals surface area (Å²) in [6.45, 7) is 4.36. The van der Waals surface area contributed by atoms with Crippen LogP contribution in [0.2, 0.25) is 0 Å². The maximum atomic E-state index is 11.7. The van der Waals surface area contributed by atoms with E-state index < -0.39 is 0 Å². The van der Waals surface area contributed by atoms with E-state index in [2.05, 4.69) is 26.6 Å². The minimum atomic E-state index is -0.351. The van der Waals surface area contributed by atoms with Gasteiger partial charge in [0.05, 0.1) is 0 Å². The molecule has 0 fully saturated rings. The van der Waals surface area contributed by atoms with Crippen LogP contribution in [0.3, 0.4) is 0 Å². The highest BCUT2D eigenvalue weighted by Crippen LogP contribution is 2.15. The molecule has 0 aliphatic heterocycles. The van der Waals surface area contributed by atoms with Gasteiger partial charge in [0.25, 0.3) is 5.91 Å². The number of carbonyl (C=O) groups excluding carboxylic acids is 1. The van der Waals surface area contributed by atoms with E-state index in [-0.39, 0.29) is 17.5 Å². The maximum Gasteiger partial charge on any atom is 0.263 e. The predicted molar refractivity (Wildman–Crippen MR) is 82.8 cm³/mol. The Balaban J connectivity index is 2.49. The highest BCUT2D eigenvalue weighted by atomic mass is 79.9. The Labute approximate surface area is 128 Å². The van der Waals surface area contributed by atoms with Gasteiger partial charge < -0.3 is 10.6 Å². The van der Waals surface area contributed by atoms with Gasteiger partial charge in [-0.25, -0.2) is 0 Å². The molecule has 0 aliphatic rings. The standard InChI is InChI=1S/C15H18BrN3O/c1-11(2)19-15(20)13(9-17)10-18-8-7-12-5-3-4-6-14(12)16/h3-6,10-11,18H,7-8H2,1-2H3,(H,19,20)/b13-10-. The topological polar surface area (TPSA) is 64.9 Å². The summed E-state index contributed by atoms with van der Waals surface area (Å²) < 4.78 is 1.06. The lowest BCUT2D eigenvalue weighted by molar-refractivity contribution is -0.117. The number of hydrogen-bond acceptors (Lipinski definition) is 3. The molecule has 0 aliphatic carbocycles. The summed E-state index contributed by atoms with van der Waals surface area (Å²) >= 11 is 3.48. The van der Waals surface area contributed by atoms with E-state index in [4.69, 9.17) is 5.26 Å². The first-order valence-electron chi connectivity index (χ1n) is 6.42. The molecule has 0 spiro atoms. The van der Waals surface area contributed by atoms with Crippen molar-refractivity contribution in [1.82, 2.24) is 10.6 Å². The average molecular weight is 336 g/mol. The minimum absolute atomic E-state index is 0.0134. The normalized spacial score (nSPS) is 11.1. The molecule has 0 radical (unpaired) electrons. The molecule has 0 bridgehead atoms. The van der Waals surface area contributed by atoms with Gasteiger partial charge in [-0.2, -0.15) is 5.26 Å². The number of nitrogens with one attached hydrogen (secondary N) is 2. The molecule has 1 amide bonds. The lowest BCUT2D eigenvalue weighted by Crippen LogP contribution is -2.31. The number of nitrogens with zero attached hydrogens (tertiary/aromatic N) is 1. The minimum Gasteiger partial charge on any atom is -0.389 e. The summed E-state index contributed by atoms with van der Waals surface area (Å²) in [6, 6.07) is 9.87. The molecule has 0 saturated carbocycles. The molecule has 0 saturated heterocycles. The van der Waals surface area contributed by atoms with Gasteiger partial charge in [-0.3, -0.25) is 4.79 Å². The third-order valence-electron chi connectivity index (χ3n) is 2.53. The fraction of sp³-hybridized carbons (Fsp3) is 0.333. The van der Waals surface area contributed by atoms with Gasteiger partial charge in [0, 0.05) is 23.3 Å². The zero-order valence-corrected chi connectivity index (χ0v) is 13.2. The fourth-order valence-electron chi connectivity index (χ4n) is 1.57. The number of carbonyl (C=O) groups is 1. The van der Waals surface area contributed by atoms with E-state index in [0.29, 0.717) is 6.54 Å². The third kappa shape index (κ3) is 5.45. The Kier molecular flexibility index (Phi) is 6.82. The largest absolute Gasteiger partial charge is 0.389 e. The van der Waals surface area contributed by atoms with Crippen molar-refractivity contribution in [2.75, 3.05) is 6.54 Å². The second-order valence-electron chi connectivity index (χ2n) is 4.59. The van der Waals surface area contributed by atoms with Gasteiger partial charge in [-0.1, -0.05) is 34.1 Å². The van der Waals surface area contributed by atoms with Crippen LogP contribution in [-0.4, -0.2) is 18.5 Å². The molecule has 1 aromatic rings. The van der Waals surface area contributed by atoms with Crippen LogP contribution in [0.5, 0.6) is 0 Å². The first-order valence-corrected chi connectivity index (χ1v) is 7.21. The van der Waals surface area contributed by atoms with Crippen molar-refractivity contribution in [3.8, 4) is 6.07 Å². The highest BCUT2D eigenvalue weighted by Gasteiger charge is 2.09. The SMILES string of the molecule is CC(C)NC(=O)/C(C#N)=C\NCCc1ccccc1Br. The van der Waals surface area contributed by atoms with Crippen molar-refractivity contribution in [2.45, 2.75) is 26.3 Å². The molecule has 4 nitrogen and oxygen atoms in total. The van der Waals surface area contributed by atoms with Crippen LogP contribution in [-0.2, 0) is 11.2 Å². The molecule has 1 rings (SSSR count). The van der Waals surface area contributed by atoms with Crippen LogP contribution < -0.4 is 10.6 Å². The van der Waals surface area contributed by atoms with Crippen molar-refractivity contribution in [3.63, 3.8) is 0 Å². The lowest BCUT2D eigenvalue weighted by atomic mass is 10.1. The molecular weight excluding hydrogens is 318 g/mol. The Bertz CT molecular complexity index is 532. The zero-order chi connectivity index (χ0) is 15.0. The number of rotatable bonds is 6. The van der Waals surface area contributed by atoms with Crippen LogP contribution in [0.15, 0.2) is 40.5 Å². The summed E-state index contributed by atoms with van der Waals surface area (Å²) in [5.74, 6) is -0.351. The quantitative estimate of drug-likeness (QED) is 0.477. The molecule has 0 unspecified atom stereocenters. The monoisotopic (exact) mass is 335 g/mol. The third-order valence-corrected chi connectivity index (χ3v) is 3.30. The summed E-state index contributed by atoms with van der Waals surface area (Å²) in [4.78, 5) is 11.7. The summed E-state index contributed by atoms with van der Waals surface area (Å²) in [6.07, 6.45) is 2.27. The van der Waals surface area contributed by atoms with Gasteiger partial charge in [-0.05, 0) is 31.9 Å². The van der Waals surface area contributed by atoms with E-state index in [1.807, 2.05) is 44.2 Å². The van der Waals surface area contributed by atoms with Crippen molar-refractivity contribution in [2.24, 2.45) is 0 Å². The Morgan fingerprint density at radius 2 is 2.15 bits per heavy atom. The smallest absolute Gasteiger partial charge is 0.263 e. The van der Waals surface area contributed by atoms with Gasteiger partial charge in [0.2, 0.25) is 0 Å². The van der Waals surface area contributed by atoms with Crippen LogP contribution in [0.1, 0.15) is 19.4 Å². The van der Waals surface area contributed by atoms with Crippen LogP contribution in [0, 0.1) is 11.3 Å². The molecular formula is C15H18BrN3O. The number of amides is 1. The van der Waals surface area contributed by atoms with Crippen LogP contribution in [0.25, 0.3) is 0 Å². The first-order chi connectivity index (χ1) is 9.54. The van der Waals surface area contributed by atoms with Gasteiger partial charge >= 0.3 is 0 Å². The molecule has 0 atom stereocenters. The molecule has 0 aromatic heterocycles. The first kappa shape index (κ1) is 16.3.